The highest BCUT2D eigenvalue weighted by atomic mass is 16.2. The third-order valence-corrected chi connectivity index (χ3v) is 12.0. The van der Waals surface area contributed by atoms with Crippen LogP contribution in [0.4, 0.5) is 10.5 Å². The number of carbonyl (C=O) groups excluding carboxylic acids is 7. The Morgan fingerprint density at radius 3 is 2.29 bits per heavy atom. The lowest BCUT2D eigenvalue weighted by atomic mass is 9.86. The lowest BCUT2D eigenvalue weighted by Gasteiger charge is -2.30. The second-order valence-corrected chi connectivity index (χ2v) is 17.2. The molecule has 0 saturated heterocycles. The van der Waals surface area contributed by atoms with Crippen molar-refractivity contribution >= 4 is 63.8 Å². The van der Waals surface area contributed by atoms with Crippen LogP contribution in [0.1, 0.15) is 93.9 Å². The summed E-state index contributed by atoms with van der Waals surface area (Å²) in [5, 5.41) is 18.6. The molecule has 0 spiro atoms. The van der Waals surface area contributed by atoms with Crippen LogP contribution >= 0.6 is 0 Å². The Morgan fingerprint density at radius 1 is 0.773 bits per heavy atom. The first kappa shape index (κ1) is 46.7. The number of pyridine rings is 2. The van der Waals surface area contributed by atoms with Crippen LogP contribution in [-0.2, 0) is 41.9 Å². The third kappa shape index (κ3) is 11.5. The molecule has 17 nitrogen and oxygen atoms in total. The molecule has 0 fully saturated rings. The lowest BCUT2D eigenvalue weighted by molar-refractivity contribution is -0.137. The van der Waals surface area contributed by atoms with Crippen LogP contribution in [0.2, 0.25) is 0 Å². The summed E-state index contributed by atoms with van der Waals surface area (Å²) in [6, 6.07) is 17.1. The van der Waals surface area contributed by atoms with Crippen molar-refractivity contribution in [2.24, 2.45) is 11.0 Å². The van der Waals surface area contributed by atoms with Gasteiger partial charge in [0.25, 0.3) is 17.7 Å². The van der Waals surface area contributed by atoms with Crippen molar-refractivity contribution in [1.29, 1.82) is 0 Å². The smallest absolute Gasteiger partial charge is 0.322 e. The van der Waals surface area contributed by atoms with Gasteiger partial charge in [0, 0.05) is 87.4 Å². The van der Waals surface area contributed by atoms with Crippen molar-refractivity contribution in [3.63, 3.8) is 0 Å². The molecule has 344 valence electrons. The van der Waals surface area contributed by atoms with Crippen molar-refractivity contribution in [3.8, 4) is 0 Å². The number of aromatic nitrogens is 2. The topological polar surface area (TPSA) is 215 Å². The van der Waals surface area contributed by atoms with Crippen LogP contribution in [0.3, 0.4) is 0 Å². The van der Waals surface area contributed by atoms with Crippen LogP contribution in [0.15, 0.2) is 96.5 Å². The van der Waals surface area contributed by atoms with E-state index in [2.05, 4.69) is 31.2 Å². The highest BCUT2D eigenvalue weighted by Crippen LogP contribution is 2.34. The summed E-state index contributed by atoms with van der Waals surface area (Å²) < 4.78 is 0. The van der Waals surface area contributed by atoms with E-state index in [9.17, 15) is 33.6 Å². The Bertz CT molecular complexity index is 2490. The fourth-order valence-electron chi connectivity index (χ4n) is 8.30. The average Bonchev–Trinajstić information content (AvgIpc) is 3.90. The zero-order chi connectivity index (χ0) is 46.7. The Hall–Kier alpha value is -7.30. The SMILES string of the molecule is CC(C)C(NC(=O)CCCCCN1C(=O)C=CC1=O)C(=O)N[C@@H](C)C(=O)NCCCCN1N=C(c2ccc(NC(=O)N3Cc4ccncc4C3)cc2)CC(c2cccc3ncccc23)C1=O. The molecule has 2 aromatic heterocycles. The van der Waals surface area contributed by atoms with Gasteiger partial charge in [-0.25, -0.2) is 9.80 Å². The predicted octanol–water partition coefficient (Wildman–Crippen LogP) is 4.93. The Balaban J connectivity index is 0.901. The lowest BCUT2D eigenvalue weighted by Crippen LogP contribution is -2.54. The molecule has 2 unspecified atom stereocenters. The van der Waals surface area contributed by atoms with Gasteiger partial charge in [0.1, 0.15) is 12.1 Å². The van der Waals surface area contributed by atoms with E-state index in [1.807, 2.05) is 60.7 Å². The number of fused-ring (bicyclic) bond motifs is 2. The average molecular weight is 897 g/mol. The summed E-state index contributed by atoms with van der Waals surface area (Å²) in [6.45, 7) is 7.08. The van der Waals surface area contributed by atoms with Gasteiger partial charge in [0.2, 0.25) is 17.7 Å². The molecular formula is C49H56N10O7. The third-order valence-electron chi connectivity index (χ3n) is 12.0. The zero-order valence-electron chi connectivity index (χ0n) is 37.5. The molecule has 0 saturated carbocycles. The molecule has 66 heavy (non-hydrogen) atoms. The van der Waals surface area contributed by atoms with E-state index < -0.39 is 23.9 Å². The quantitative estimate of drug-likeness (QED) is 0.0741. The molecular weight excluding hydrogens is 841 g/mol. The summed E-state index contributed by atoms with van der Waals surface area (Å²) in [5.74, 6) is -2.74. The molecule has 3 atom stereocenters. The fourth-order valence-corrected chi connectivity index (χ4v) is 8.30. The van der Waals surface area contributed by atoms with Gasteiger partial charge >= 0.3 is 6.03 Å². The summed E-state index contributed by atoms with van der Waals surface area (Å²) in [6.07, 6.45) is 11.0. The van der Waals surface area contributed by atoms with Crippen molar-refractivity contribution < 1.29 is 33.6 Å². The van der Waals surface area contributed by atoms with E-state index >= 15 is 0 Å². The first-order valence-corrected chi connectivity index (χ1v) is 22.6. The molecule has 0 aliphatic carbocycles. The fraction of sp³-hybridized carbons (Fsp3) is 0.388. The van der Waals surface area contributed by atoms with Gasteiger partial charge in [-0.1, -0.05) is 50.6 Å². The van der Waals surface area contributed by atoms with Gasteiger partial charge in [-0.15, -0.1) is 0 Å². The number of urea groups is 1. The maximum absolute atomic E-state index is 14.2. The number of carbonyl (C=O) groups is 7. The highest BCUT2D eigenvalue weighted by Gasteiger charge is 2.34. The first-order valence-electron chi connectivity index (χ1n) is 22.6. The van der Waals surface area contributed by atoms with Crippen LogP contribution in [0, 0.1) is 5.92 Å². The van der Waals surface area contributed by atoms with Gasteiger partial charge in [0.15, 0.2) is 0 Å². The molecule has 3 aliphatic rings. The Morgan fingerprint density at radius 2 is 1.53 bits per heavy atom. The number of hydrogen-bond donors (Lipinski definition) is 4. The number of nitrogens with zero attached hydrogens (tertiary/aromatic N) is 6. The van der Waals surface area contributed by atoms with Crippen LogP contribution in [0.5, 0.6) is 0 Å². The number of benzene rings is 2. The molecule has 4 aromatic rings. The zero-order valence-corrected chi connectivity index (χ0v) is 37.5. The van der Waals surface area contributed by atoms with Crippen LogP contribution < -0.4 is 21.3 Å². The Kier molecular flexibility index (Phi) is 15.3. The van der Waals surface area contributed by atoms with Gasteiger partial charge in [-0.2, -0.15) is 5.10 Å². The Labute approximate surface area is 383 Å². The first-order chi connectivity index (χ1) is 31.9. The molecule has 7 rings (SSSR count). The van der Waals surface area contributed by atoms with E-state index in [0.717, 1.165) is 38.9 Å². The molecule has 3 aliphatic heterocycles. The molecule has 0 bridgehead atoms. The van der Waals surface area contributed by atoms with Gasteiger partial charge < -0.3 is 26.2 Å². The van der Waals surface area contributed by atoms with E-state index in [1.165, 1.54) is 22.1 Å². The monoisotopic (exact) mass is 896 g/mol. The minimum Gasteiger partial charge on any atom is -0.354 e. The molecule has 4 N–H and O–H groups in total. The number of hydrogen-bond acceptors (Lipinski definition) is 10. The molecule has 5 heterocycles. The second kappa shape index (κ2) is 21.6. The van der Waals surface area contributed by atoms with Crippen molar-refractivity contribution in [3.05, 3.63) is 114 Å². The number of hydrazone groups is 1. The van der Waals surface area contributed by atoms with E-state index in [0.29, 0.717) is 70.4 Å². The minimum atomic E-state index is -0.873. The van der Waals surface area contributed by atoms with Gasteiger partial charge in [0.05, 0.1) is 17.1 Å². The number of imide groups is 1. The van der Waals surface area contributed by atoms with Crippen molar-refractivity contribution in [2.45, 2.75) is 96.8 Å². The number of amides is 8. The number of unbranched alkanes of at least 4 members (excludes halogenated alkanes) is 3. The summed E-state index contributed by atoms with van der Waals surface area (Å²) >= 11 is 0. The largest absolute Gasteiger partial charge is 0.354 e. The van der Waals surface area contributed by atoms with Gasteiger partial charge in [-0.05, 0) is 91.1 Å². The summed E-state index contributed by atoms with van der Waals surface area (Å²) in [7, 11) is 0. The molecule has 8 amide bonds. The maximum atomic E-state index is 14.2. The van der Waals surface area contributed by atoms with E-state index in [1.54, 1.807) is 44.3 Å². The highest BCUT2D eigenvalue weighted by molar-refractivity contribution is 6.13. The number of anilines is 1. The molecule has 17 heteroatoms. The van der Waals surface area contributed by atoms with Crippen molar-refractivity contribution in [2.75, 3.05) is 25.0 Å². The molecule has 2 aromatic carbocycles. The second-order valence-electron chi connectivity index (χ2n) is 17.2. The molecule has 0 radical (unpaired) electrons. The van der Waals surface area contributed by atoms with Crippen molar-refractivity contribution in [1.82, 2.24) is 40.7 Å². The standard InChI is InChI=1S/C49H56N10O7/c1-31(2)45(55-42(60)14-5-4-7-25-58-43(61)19-20-44(58)62)47(64)53-32(3)46(63)52-22-6-8-26-59-48(65)39(37-11-9-13-40-38(37)12-10-23-51-40)27-41(56-59)33-15-17-36(18-16-33)54-49(66)57-29-34-21-24-50-28-35(34)30-57/h9-13,15-21,23-24,28,31-32,39,45H,4-8,14,22,25-27,29-30H2,1-3H3,(H,52,63)(H,53,64)(H,54,66)(H,55,60)/t32-,39?,45?/m0/s1. The van der Waals surface area contributed by atoms with Gasteiger partial charge in [-0.3, -0.25) is 43.6 Å². The van der Waals surface area contributed by atoms with E-state index in [-0.39, 0.29) is 54.5 Å². The normalized spacial score (nSPS) is 16.6. The number of nitrogens with one attached hydrogen (secondary N) is 4. The summed E-state index contributed by atoms with van der Waals surface area (Å²) in [4.78, 5) is 101. The number of rotatable bonds is 19. The van der Waals surface area contributed by atoms with Crippen LogP contribution in [-0.4, -0.2) is 104 Å². The maximum Gasteiger partial charge on any atom is 0.322 e. The van der Waals surface area contributed by atoms with E-state index in [4.69, 9.17) is 5.10 Å². The summed E-state index contributed by atoms with van der Waals surface area (Å²) in [5.41, 5.74) is 5.93. The minimum absolute atomic E-state index is 0.140. The van der Waals surface area contributed by atoms with Crippen LogP contribution in [0.25, 0.3) is 10.9 Å². The predicted molar refractivity (Wildman–Crippen MR) is 247 cm³/mol.